The van der Waals surface area contributed by atoms with E-state index in [0.29, 0.717) is 12.4 Å². The Kier molecular flexibility index (Phi) is 9.19. The maximum Gasteiger partial charge on any atom is 0.202 e. The van der Waals surface area contributed by atoms with E-state index in [-0.39, 0.29) is 6.71 Å². The molecule has 4 heteroatoms. The Labute approximate surface area is 161 Å². The lowest BCUT2D eigenvalue weighted by Crippen LogP contribution is -2.49. The van der Waals surface area contributed by atoms with E-state index in [0.717, 1.165) is 12.4 Å². The molecule has 0 spiro atoms. The van der Waals surface area contributed by atoms with Crippen molar-refractivity contribution in [3.8, 4) is 5.75 Å². The molecule has 0 saturated carbocycles. The van der Waals surface area contributed by atoms with Crippen LogP contribution in [0.5, 0.6) is 5.75 Å². The van der Waals surface area contributed by atoms with E-state index in [9.17, 15) is 5.11 Å². The van der Waals surface area contributed by atoms with Gasteiger partial charge in [-0.1, -0.05) is 57.5 Å². The summed E-state index contributed by atoms with van der Waals surface area (Å²) in [5.74, 6) is 1.58. The number of rotatable bonds is 12. The molecule has 3 nitrogen and oxygen atoms in total. The summed E-state index contributed by atoms with van der Waals surface area (Å²) in [6.45, 7) is 15.7. The Morgan fingerprint density at radius 3 is 2.19 bits per heavy atom. The molecule has 0 aliphatic rings. The molecule has 0 aliphatic carbocycles. The molecule has 1 rings (SSSR count). The maximum atomic E-state index is 10.2. The van der Waals surface area contributed by atoms with Crippen molar-refractivity contribution in [2.75, 3.05) is 13.1 Å². The number of hydrogen-bond acceptors (Lipinski definition) is 3. The SMILES string of the molecule is CCCCC(CC)COc1ccc(B(C)COC(C)(C)C(C)(C)O)cc1. The van der Waals surface area contributed by atoms with Crippen LogP contribution >= 0.6 is 0 Å². The second-order valence-electron chi connectivity index (χ2n) is 8.58. The molecule has 0 fully saturated rings. The molecule has 148 valence electrons. The van der Waals surface area contributed by atoms with Gasteiger partial charge in [0.15, 0.2) is 0 Å². The number of aliphatic hydroxyl groups is 1. The summed E-state index contributed by atoms with van der Waals surface area (Å²) in [4.78, 5) is 0. The predicted molar refractivity (Wildman–Crippen MR) is 113 cm³/mol. The monoisotopic (exact) mass is 362 g/mol. The Morgan fingerprint density at radius 1 is 1.08 bits per heavy atom. The number of unbranched alkanes of at least 4 members (excludes halogenated alkanes) is 1. The molecule has 1 N–H and O–H groups in total. The fourth-order valence-electron chi connectivity index (χ4n) is 2.61. The van der Waals surface area contributed by atoms with Crippen LogP contribution in [0.2, 0.25) is 6.82 Å². The molecule has 1 atom stereocenters. The highest BCUT2D eigenvalue weighted by Gasteiger charge is 2.36. The summed E-state index contributed by atoms with van der Waals surface area (Å²) in [7, 11) is 0. The van der Waals surface area contributed by atoms with E-state index in [1.165, 1.54) is 31.1 Å². The van der Waals surface area contributed by atoms with Gasteiger partial charge in [0.05, 0.1) is 17.8 Å². The van der Waals surface area contributed by atoms with Gasteiger partial charge in [0.2, 0.25) is 6.71 Å². The van der Waals surface area contributed by atoms with Gasteiger partial charge in [-0.25, -0.2) is 0 Å². The van der Waals surface area contributed by atoms with Gasteiger partial charge in [0.1, 0.15) is 5.75 Å². The highest BCUT2D eigenvalue weighted by atomic mass is 16.5. The standard InChI is InChI=1S/C22H39BO3/c1-8-10-11-18(9-2)16-25-20-14-12-19(13-15-20)23(7)17-26-22(5,6)21(3,4)24/h12-15,18,24H,8-11,16-17H2,1-7H3. The lowest BCUT2D eigenvalue weighted by atomic mass is 9.48. The van der Waals surface area contributed by atoms with E-state index in [1.54, 1.807) is 13.8 Å². The van der Waals surface area contributed by atoms with E-state index in [4.69, 9.17) is 9.47 Å². The van der Waals surface area contributed by atoms with Crippen LogP contribution in [-0.2, 0) is 4.74 Å². The van der Waals surface area contributed by atoms with Crippen LogP contribution in [-0.4, -0.2) is 36.1 Å². The van der Waals surface area contributed by atoms with Crippen LogP contribution in [0.25, 0.3) is 0 Å². The van der Waals surface area contributed by atoms with Crippen molar-refractivity contribution in [2.45, 2.75) is 85.3 Å². The van der Waals surface area contributed by atoms with Crippen molar-refractivity contribution in [3.05, 3.63) is 24.3 Å². The Bertz CT molecular complexity index is 505. The molecule has 26 heavy (non-hydrogen) atoms. The first kappa shape index (κ1) is 23.0. The van der Waals surface area contributed by atoms with Crippen LogP contribution < -0.4 is 10.2 Å². The normalized spacial score (nSPS) is 13.5. The molecule has 1 unspecified atom stereocenters. The molecular weight excluding hydrogens is 323 g/mol. The van der Waals surface area contributed by atoms with Gasteiger partial charge in [-0.15, -0.1) is 0 Å². The van der Waals surface area contributed by atoms with E-state index in [1.807, 2.05) is 13.8 Å². The van der Waals surface area contributed by atoms with Crippen LogP contribution in [0.1, 0.15) is 67.2 Å². The second-order valence-corrected chi connectivity index (χ2v) is 8.58. The van der Waals surface area contributed by atoms with Crippen LogP contribution in [0.4, 0.5) is 0 Å². The summed E-state index contributed by atoms with van der Waals surface area (Å²) >= 11 is 0. The third-order valence-electron chi connectivity index (χ3n) is 5.65. The van der Waals surface area contributed by atoms with Gasteiger partial charge in [0, 0.05) is 6.51 Å². The van der Waals surface area contributed by atoms with Crippen molar-refractivity contribution >= 4 is 12.2 Å². The first-order valence-electron chi connectivity index (χ1n) is 10.2. The Hall–Kier alpha value is -0.995. The van der Waals surface area contributed by atoms with Gasteiger partial charge in [0.25, 0.3) is 0 Å². The zero-order valence-corrected chi connectivity index (χ0v) is 18.0. The average molecular weight is 362 g/mol. The zero-order valence-electron chi connectivity index (χ0n) is 18.0. The van der Waals surface area contributed by atoms with Crippen LogP contribution in [0.3, 0.4) is 0 Å². The summed E-state index contributed by atoms with van der Waals surface area (Å²) in [6, 6.07) is 8.35. The molecule has 0 aliphatic heterocycles. The molecule has 0 radical (unpaired) electrons. The smallest absolute Gasteiger partial charge is 0.202 e. The molecule has 0 saturated heterocycles. The van der Waals surface area contributed by atoms with Crippen molar-refractivity contribution in [2.24, 2.45) is 5.92 Å². The number of benzene rings is 1. The van der Waals surface area contributed by atoms with Crippen molar-refractivity contribution in [1.82, 2.24) is 0 Å². The van der Waals surface area contributed by atoms with Gasteiger partial charge >= 0.3 is 0 Å². The van der Waals surface area contributed by atoms with E-state index in [2.05, 4.69) is 44.9 Å². The van der Waals surface area contributed by atoms with Gasteiger partial charge < -0.3 is 14.6 Å². The summed E-state index contributed by atoms with van der Waals surface area (Å²) in [6.07, 6.45) is 4.94. The summed E-state index contributed by atoms with van der Waals surface area (Å²) < 4.78 is 12.0. The van der Waals surface area contributed by atoms with E-state index >= 15 is 0 Å². The Balaban J connectivity index is 2.53. The first-order valence-corrected chi connectivity index (χ1v) is 10.2. The average Bonchev–Trinajstić information content (AvgIpc) is 2.59. The lowest BCUT2D eigenvalue weighted by Gasteiger charge is -2.37. The Morgan fingerprint density at radius 2 is 1.69 bits per heavy atom. The predicted octanol–water partition coefficient (Wildman–Crippen LogP) is 4.72. The van der Waals surface area contributed by atoms with Gasteiger partial charge in [-0.2, -0.15) is 0 Å². The maximum absolute atomic E-state index is 10.2. The van der Waals surface area contributed by atoms with Crippen molar-refractivity contribution < 1.29 is 14.6 Å². The zero-order chi connectivity index (χ0) is 19.8. The molecule has 0 heterocycles. The summed E-state index contributed by atoms with van der Waals surface area (Å²) in [5, 5.41) is 10.2. The van der Waals surface area contributed by atoms with Crippen LogP contribution in [0.15, 0.2) is 24.3 Å². The van der Waals surface area contributed by atoms with Crippen molar-refractivity contribution in [1.29, 1.82) is 0 Å². The molecule has 1 aromatic rings. The molecule has 0 bridgehead atoms. The third-order valence-corrected chi connectivity index (χ3v) is 5.65. The summed E-state index contributed by atoms with van der Waals surface area (Å²) in [5.41, 5.74) is -0.238. The number of hydrogen-bond donors (Lipinski definition) is 1. The quantitative estimate of drug-likeness (QED) is 0.547. The highest BCUT2D eigenvalue weighted by Crippen LogP contribution is 2.25. The third kappa shape index (κ3) is 7.32. The first-order chi connectivity index (χ1) is 12.1. The molecule has 1 aromatic carbocycles. The van der Waals surface area contributed by atoms with E-state index < -0.39 is 11.2 Å². The van der Waals surface area contributed by atoms with Gasteiger partial charge in [-0.05, 0) is 52.2 Å². The fraction of sp³-hybridized carbons (Fsp3) is 0.727. The second kappa shape index (κ2) is 10.4. The van der Waals surface area contributed by atoms with Crippen LogP contribution in [0, 0.1) is 5.92 Å². The molecular formula is C22H39BO3. The fourth-order valence-corrected chi connectivity index (χ4v) is 2.61. The molecule has 0 amide bonds. The highest BCUT2D eigenvalue weighted by molar-refractivity contribution is 6.71. The topological polar surface area (TPSA) is 38.7 Å². The van der Waals surface area contributed by atoms with Crippen molar-refractivity contribution in [3.63, 3.8) is 0 Å². The minimum atomic E-state index is -0.877. The minimum Gasteiger partial charge on any atom is -0.493 e. The lowest BCUT2D eigenvalue weighted by molar-refractivity contribution is -0.136. The number of ether oxygens (including phenoxy) is 2. The van der Waals surface area contributed by atoms with Gasteiger partial charge in [-0.3, -0.25) is 0 Å². The minimum absolute atomic E-state index is 0.263. The largest absolute Gasteiger partial charge is 0.493 e. The molecule has 0 aromatic heterocycles.